The second-order valence-electron chi connectivity index (χ2n) is 10.9. The molecule has 9 aromatic rings. The number of anilines is 3. The summed E-state index contributed by atoms with van der Waals surface area (Å²) in [6, 6.07) is 55.9. The van der Waals surface area contributed by atoms with Crippen molar-refractivity contribution in [3.05, 3.63) is 158 Å². The van der Waals surface area contributed by atoms with Crippen LogP contribution in [0.5, 0.6) is 0 Å². The SMILES string of the molecule is c1ccc(N(c2cccc3oc4c5ccccc5ccc4c23)c2cccc3c2c2ccccc2n3-c2ccccc2)cc1. The molecule has 0 aliphatic carbocycles. The van der Waals surface area contributed by atoms with E-state index in [-0.39, 0.29) is 0 Å². The quantitative estimate of drug-likeness (QED) is 0.217. The molecule has 0 radical (unpaired) electrons. The molecule has 0 atom stereocenters. The molecule has 0 N–H and O–H groups in total. The third-order valence-electron chi connectivity index (χ3n) is 8.55. The largest absolute Gasteiger partial charge is 0.455 e. The zero-order chi connectivity index (χ0) is 28.3. The fourth-order valence-corrected chi connectivity index (χ4v) is 6.75. The summed E-state index contributed by atoms with van der Waals surface area (Å²) in [5, 5.41) is 6.95. The first-order chi connectivity index (χ1) is 21.4. The molecular weight excluding hydrogens is 524 g/mol. The fourth-order valence-electron chi connectivity index (χ4n) is 6.75. The maximum atomic E-state index is 6.62. The van der Waals surface area contributed by atoms with E-state index in [0.29, 0.717) is 0 Å². The summed E-state index contributed by atoms with van der Waals surface area (Å²) in [5.41, 5.74) is 8.60. The number of fused-ring (bicyclic) bond motifs is 8. The molecule has 202 valence electrons. The molecular formula is C40H26N2O. The van der Waals surface area contributed by atoms with Crippen LogP contribution in [0.15, 0.2) is 162 Å². The van der Waals surface area contributed by atoms with E-state index in [2.05, 4.69) is 167 Å². The van der Waals surface area contributed by atoms with Crippen LogP contribution < -0.4 is 4.90 Å². The molecule has 3 heteroatoms. The number of furan rings is 1. The van der Waals surface area contributed by atoms with Crippen LogP contribution in [-0.4, -0.2) is 4.57 Å². The highest BCUT2D eigenvalue weighted by Gasteiger charge is 2.24. The average molecular weight is 551 g/mol. The van der Waals surface area contributed by atoms with Gasteiger partial charge in [-0.25, -0.2) is 0 Å². The van der Waals surface area contributed by atoms with Gasteiger partial charge in [0.25, 0.3) is 0 Å². The maximum absolute atomic E-state index is 6.62. The molecule has 0 aliphatic heterocycles. The fraction of sp³-hybridized carbons (Fsp3) is 0. The lowest BCUT2D eigenvalue weighted by molar-refractivity contribution is 0.672. The molecule has 0 saturated carbocycles. The average Bonchev–Trinajstić information content (AvgIpc) is 3.63. The molecule has 0 unspecified atom stereocenters. The van der Waals surface area contributed by atoms with Crippen molar-refractivity contribution in [3.63, 3.8) is 0 Å². The lowest BCUT2D eigenvalue weighted by Gasteiger charge is -2.27. The Hall–Kier alpha value is -5.80. The van der Waals surface area contributed by atoms with E-state index in [9.17, 15) is 0 Å². The van der Waals surface area contributed by atoms with E-state index < -0.39 is 0 Å². The molecule has 43 heavy (non-hydrogen) atoms. The molecule has 3 nitrogen and oxygen atoms in total. The topological polar surface area (TPSA) is 21.3 Å². The molecule has 0 spiro atoms. The van der Waals surface area contributed by atoms with E-state index in [1.54, 1.807) is 0 Å². The number of para-hydroxylation sites is 3. The van der Waals surface area contributed by atoms with Gasteiger partial charge in [-0.1, -0.05) is 97.1 Å². The van der Waals surface area contributed by atoms with Crippen molar-refractivity contribution in [2.75, 3.05) is 4.90 Å². The number of rotatable bonds is 4. The van der Waals surface area contributed by atoms with Crippen molar-refractivity contribution in [3.8, 4) is 5.69 Å². The highest BCUT2D eigenvalue weighted by molar-refractivity contribution is 6.22. The molecule has 0 saturated heterocycles. The van der Waals surface area contributed by atoms with E-state index in [0.717, 1.165) is 50.1 Å². The summed E-state index contributed by atoms with van der Waals surface area (Å²) >= 11 is 0. The Morgan fingerprint density at radius 3 is 1.93 bits per heavy atom. The van der Waals surface area contributed by atoms with E-state index in [1.165, 1.54) is 27.2 Å². The minimum atomic E-state index is 0.878. The van der Waals surface area contributed by atoms with Gasteiger partial charge in [-0.15, -0.1) is 0 Å². The first-order valence-electron chi connectivity index (χ1n) is 14.6. The van der Waals surface area contributed by atoms with Crippen LogP contribution in [0.1, 0.15) is 0 Å². The van der Waals surface area contributed by atoms with Crippen LogP contribution in [0.25, 0.3) is 60.2 Å². The summed E-state index contributed by atoms with van der Waals surface area (Å²) in [4.78, 5) is 2.40. The Morgan fingerprint density at radius 2 is 1.09 bits per heavy atom. The maximum Gasteiger partial charge on any atom is 0.143 e. The number of aromatic nitrogens is 1. The van der Waals surface area contributed by atoms with Crippen LogP contribution in [0.3, 0.4) is 0 Å². The normalized spacial score (nSPS) is 11.7. The molecule has 2 aromatic heterocycles. The van der Waals surface area contributed by atoms with Gasteiger partial charge < -0.3 is 13.9 Å². The molecule has 7 aromatic carbocycles. The first-order valence-corrected chi connectivity index (χ1v) is 14.6. The summed E-state index contributed by atoms with van der Waals surface area (Å²) in [6.07, 6.45) is 0. The first kappa shape index (κ1) is 23.9. The zero-order valence-electron chi connectivity index (χ0n) is 23.3. The minimum Gasteiger partial charge on any atom is -0.455 e. The number of nitrogens with zero attached hydrogens (tertiary/aromatic N) is 2. The highest BCUT2D eigenvalue weighted by Crippen LogP contribution is 2.47. The van der Waals surface area contributed by atoms with E-state index in [4.69, 9.17) is 4.42 Å². The molecule has 2 heterocycles. The summed E-state index contributed by atoms with van der Waals surface area (Å²) in [6.45, 7) is 0. The third-order valence-corrected chi connectivity index (χ3v) is 8.55. The van der Waals surface area contributed by atoms with Gasteiger partial charge in [-0.2, -0.15) is 0 Å². The Morgan fingerprint density at radius 1 is 0.442 bits per heavy atom. The molecule has 9 rings (SSSR count). The van der Waals surface area contributed by atoms with Crippen LogP contribution in [0.2, 0.25) is 0 Å². The van der Waals surface area contributed by atoms with Gasteiger partial charge in [0.2, 0.25) is 0 Å². The second kappa shape index (κ2) is 9.37. The van der Waals surface area contributed by atoms with Crippen molar-refractivity contribution in [2.24, 2.45) is 0 Å². The Balaban J connectivity index is 1.41. The van der Waals surface area contributed by atoms with Crippen LogP contribution >= 0.6 is 0 Å². The minimum absolute atomic E-state index is 0.878. The Kier molecular flexibility index (Phi) is 5.20. The summed E-state index contributed by atoms with van der Waals surface area (Å²) in [7, 11) is 0. The monoisotopic (exact) mass is 550 g/mol. The van der Waals surface area contributed by atoms with Crippen molar-refractivity contribution < 1.29 is 4.42 Å². The van der Waals surface area contributed by atoms with Gasteiger partial charge in [-0.3, -0.25) is 0 Å². The molecule has 0 amide bonds. The van der Waals surface area contributed by atoms with Gasteiger partial charge >= 0.3 is 0 Å². The van der Waals surface area contributed by atoms with Crippen molar-refractivity contribution in [1.82, 2.24) is 4.57 Å². The summed E-state index contributed by atoms with van der Waals surface area (Å²) in [5.74, 6) is 0. The second-order valence-corrected chi connectivity index (χ2v) is 10.9. The number of hydrogen-bond acceptors (Lipinski definition) is 2. The highest BCUT2D eigenvalue weighted by atomic mass is 16.3. The van der Waals surface area contributed by atoms with Crippen molar-refractivity contribution in [1.29, 1.82) is 0 Å². The number of hydrogen-bond donors (Lipinski definition) is 0. The molecule has 0 aliphatic rings. The van der Waals surface area contributed by atoms with Gasteiger partial charge in [0.15, 0.2) is 0 Å². The van der Waals surface area contributed by atoms with Gasteiger partial charge in [0, 0.05) is 32.9 Å². The lowest BCUT2D eigenvalue weighted by Crippen LogP contribution is -2.10. The van der Waals surface area contributed by atoms with Gasteiger partial charge in [0.05, 0.1) is 27.8 Å². The van der Waals surface area contributed by atoms with E-state index in [1.807, 2.05) is 0 Å². The van der Waals surface area contributed by atoms with E-state index >= 15 is 0 Å². The third kappa shape index (κ3) is 3.55. The van der Waals surface area contributed by atoms with Gasteiger partial charge in [-0.05, 0) is 66.0 Å². The number of benzene rings is 7. The van der Waals surface area contributed by atoms with Crippen LogP contribution in [0.4, 0.5) is 17.1 Å². The predicted molar refractivity (Wildman–Crippen MR) is 180 cm³/mol. The van der Waals surface area contributed by atoms with Crippen molar-refractivity contribution >= 4 is 71.6 Å². The molecule has 0 fully saturated rings. The summed E-state index contributed by atoms with van der Waals surface area (Å²) < 4.78 is 8.99. The predicted octanol–water partition coefficient (Wildman–Crippen LogP) is 11.3. The van der Waals surface area contributed by atoms with Crippen LogP contribution in [-0.2, 0) is 0 Å². The van der Waals surface area contributed by atoms with Gasteiger partial charge in [0.1, 0.15) is 11.2 Å². The van der Waals surface area contributed by atoms with Crippen LogP contribution in [0, 0.1) is 0 Å². The smallest absolute Gasteiger partial charge is 0.143 e. The lowest BCUT2D eigenvalue weighted by atomic mass is 10.0. The zero-order valence-corrected chi connectivity index (χ0v) is 23.3. The Labute approximate surface area is 248 Å². The Bertz CT molecular complexity index is 2450. The molecule has 0 bridgehead atoms. The van der Waals surface area contributed by atoms with Crippen molar-refractivity contribution in [2.45, 2.75) is 0 Å². The standard InChI is InChI=1S/C40H26N2O/c1-3-14-28(15-4-1)41-33-20-10-9-19-31(33)38-34(41)21-11-22-35(38)42(29-16-5-2-6-17-29)36-23-12-24-37-39(36)32-26-25-27-13-7-8-18-30(27)40(32)43-37/h1-26H.